The Bertz CT molecular complexity index is 638. The van der Waals surface area contributed by atoms with Gasteiger partial charge in [-0.05, 0) is 29.8 Å². The predicted octanol–water partition coefficient (Wildman–Crippen LogP) is 1.45. The minimum atomic E-state index is -0.0992. The maximum Gasteiger partial charge on any atom is 0.253 e. The Morgan fingerprint density at radius 2 is 1.76 bits per heavy atom. The van der Waals surface area contributed by atoms with Crippen LogP contribution in [0.4, 0.5) is 0 Å². The van der Waals surface area contributed by atoms with Gasteiger partial charge in [-0.3, -0.25) is 9.78 Å². The standard InChI is InChI=1S/C15H16N4O2/c1-19(10-11-6-8-17-9-7-11)15(20)13-4-2-12(3-5-13)14(16)18-21/h2-9,21H,10H2,1H3,(H2,16,18). The number of nitrogens with two attached hydrogens (primary N) is 1. The largest absolute Gasteiger partial charge is 0.409 e. The van der Waals surface area contributed by atoms with Gasteiger partial charge in [0, 0.05) is 37.1 Å². The molecule has 2 aromatic rings. The van der Waals surface area contributed by atoms with Gasteiger partial charge < -0.3 is 15.8 Å². The van der Waals surface area contributed by atoms with E-state index < -0.39 is 0 Å². The third-order valence-corrected chi connectivity index (χ3v) is 3.05. The number of nitrogens with zero attached hydrogens (tertiary/aromatic N) is 3. The number of rotatable bonds is 4. The van der Waals surface area contributed by atoms with Gasteiger partial charge in [-0.1, -0.05) is 17.3 Å². The molecule has 2 rings (SSSR count). The van der Waals surface area contributed by atoms with Gasteiger partial charge in [-0.2, -0.15) is 0 Å². The molecule has 6 heteroatoms. The van der Waals surface area contributed by atoms with Crippen LogP contribution in [0.1, 0.15) is 21.5 Å². The first-order chi connectivity index (χ1) is 10.1. The molecule has 0 radical (unpaired) electrons. The van der Waals surface area contributed by atoms with Gasteiger partial charge >= 0.3 is 0 Å². The molecule has 0 aliphatic rings. The summed E-state index contributed by atoms with van der Waals surface area (Å²) >= 11 is 0. The van der Waals surface area contributed by atoms with Gasteiger partial charge in [0.25, 0.3) is 5.91 Å². The van der Waals surface area contributed by atoms with Crippen molar-refractivity contribution in [2.75, 3.05) is 7.05 Å². The Labute approximate surface area is 122 Å². The number of benzene rings is 1. The Hall–Kier alpha value is -2.89. The third-order valence-electron chi connectivity index (χ3n) is 3.05. The number of hydrogen-bond acceptors (Lipinski definition) is 4. The minimum Gasteiger partial charge on any atom is -0.409 e. The average Bonchev–Trinajstić information content (AvgIpc) is 2.54. The van der Waals surface area contributed by atoms with Crippen LogP contribution >= 0.6 is 0 Å². The van der Waals surface area contributed by atoms with Crippen LogP contribution in [0.3, 0.4) is 0 Å². The van der Waals surface area contributed by atoms with Crippen LogP contribution in [0.5, 0.6) is 0 Å². The van der Waals surface area contributed by atoms with Crippen molar-refractivity contribution in [1.29, 1.82) is 0 Å². The van der Waals surface area contributed by atoms with Crippen molar-refractivity contribution in [1.82, 2.24) is 9.88 Å². The van der Waals surface area contributed by atoms with E-state index in [0.29, 0.717) is 17.7 Å². The molecule has 0 aliphatic carbocycles. The van der Waals surface area contributed by atoms with Crippen molar-refractivity contribution < 1.29 is 10.0 Å². The van der Waals surface area contributed by atoms with E-state index in [1.165, 1.54) is 0 Å². The molecular formula is C15H16N4O2. The summed E-state index contributed by atoms with van der Waals surface area (Å²) in [6, 6.07) is 10.3. The molecule has 1 aromatic heterocycles. The van der Waals surface area contributed by atoms with Gasteiger partial charge in [-0.25, -0.2) is 0 Å². The molecule has 0 aliphatic heterocycles. The van der Waals surface area contributed by atoms with Crippen molar-refractivity contribution in [3.05, 3.63) is 65.5 Å². The monoisotopic (exact) mass is 284 g/mol. The van der Waals surface area contributed by atoms with E-state index in [2.05, 4.69) is 10.1 Å². The number of oxime groups is 1. The molecule has 0 fully saturated rings. The fourth-order valence-electron chi connectivity index (χ4n) is 1.90. The molecule has 1 aromatic carbocycles. The van der Waals surface area contributed by atoms with Crippen molar-refractivity contribution in [3.63, 3.8) is 0 Å². The fourth-order valence-corrected chi connectivity index (χ4v) is 1.90. The van der Waals surface area contributed by atoms with E-state index in [1.807, 2.05) is 12.1 Å². The topological polar surface area (TPSA) is 91.8 Å². The molecule has 6 nitrogen and oxygen atoms in total. The highest BCUT2D eigenvalue weighted by Gasteiger charge is 2.12. The Kier molecular flexibility index (Phi) is 4.50. The highest BCUT2D eigenvalue weighted by molar-refractivity contribution is 5.99. The molecule has 0 spiro atoms. The zero-order chi connectivity index (χ0) is 15.2. The predicted molar refractivity (Wildman–Crippen MR) is 79.0 cm³/mol. The summed E-state index contributed by atoms with van der Waals surface area (Å²) in [4.78, 5) is 17.9. The molecule has 0 saturated carbocycles. The summed E-state index contributed by atoms with van der Waals surface area (Å²) in [5.74, 6) is -0.0861. The highest BCUT2D eigenvalue weighted by Crippen LogP contribution is 2.09. The molecule has 0 unspecified atom stereocenters. The molecule has 0 atom stereocenters. The average molecular weight is 284 g/mol. The van der Waals surface area contributed by atoms with Crippen molar-refractivity contribution in [2.45, 2.75) is 6.54 Å². The molecule has 3 N–H and O–H groups in total. The molecule has 0 bridgehead atoms. The summed E-state index contributed by atoms with van der Waals surface area (Å²) in [7, 11) is 1.74. The van der Waals surface area contributed by atoms with Crippen LogP contribution in [0.15, 0.2) is 53.9 Å². The summed E-state index contributed by atoms with van der Waals surface area (Å²) in [5.41, 5.74) is 7.59. The van der Waals surface area contributed by atoms with E-state index in [0.717, 1.165) is 5.56 Å². The minimum absolute atomic E-state index is 0.0131. The van der Waals surface area contributed by atoms with Crippen LogP contribution in [-0.2, 0) is 6.54 Å². The van der Waals surface area contributed by atoms with Crippen LogP contribution in [0.25, 0.3) is 0 Å². The zero-order valence-electron chi connectivity index (χ0n) is 11.6. The van der Waals surface area contributed by atoms with Gasteiger partial charge in [0.2, 0.25) is 0 Å². The molecule has 1 amide bonds. The van der Waals surface area contributed by atoms with Gasteiger partial charge in [-0.15, -0.1) is 0 Å². The van der Waals surface area contributed by atoms with Gasteiger partial charge in [0.1, 0.15) is 0 Å². The number of amides is 1. The number of carbonyl (C=O) groups excluding carboxylic acids is 1. The summed E-state index contributed by atoms with van der Waals surface area (Å²) < 4.78 is 0. The van der Waals surface area contributed by atoms with Crippen LogP contribution in [-0.4, -0.2) is 33.9 Å². The van der Waals surface area contributed by atoms with Crippen molar-refractivity contribution in [3.8, 4) is 0 Å². The molecule has 108 valence electrons. The van der Waals surface area contributed by atoms with Gasteiger partial charge in [0.15, 0.2) is 5.84 Å². The zero-order valence-corrected chi connectivity index (χ0v) is 11.6. The number of pyridine rings is 1. The lowest BCUT2D eigenvalue weighted by Gasteiger charge is -2.17. The molecule has 21 heavy (non-hydrogen) atoms. The molecule has 0 saturated heterocycles. The normalized spacial score (nSPS) is 11.2. The lowest BCUT2D eigenvalue weighted by Crippen LogP contribution is -2.26. The molecular weight excluding hydrogens is 268 g/mol. The third kappa shape index (κ3) is 3.56. The van der Waals surface area contributed by atoms with Crippen LogP contribution in [0, 0.1) is 0 Å². The van der Waals surface area contributed by atoms with E-state index in [-0.39, 0.29) is 11.7 Å². The lowest BCUT2D eigenvalue weighted by atomic mass is 10.1. The Morgan fingerprint density at radius 3 is 2.33 bits per heavy atom. The summed E-state index contributed by atoms with van der Waals surface area (Å²) in [6.07, 6.45) is 3.39. The maximum absolute atomic E-state index is 12.3. The van der Waals surface area contributed by atoms with Crippen LogP contribution < -0.4 is 5.73 Å². The maximum atomic E-state index is 12.3. The first kappa shape index (κ1) is 14.5. The summed E-state index contributed by atoms with van der Waals surface area (Å²) in [5, 5.41) is 11.5. The van der Waals surface area contributed by atoms with Crippen LogP contribution in [0.2, 0.25) is 0 Å². The Balaban J connectivity index is 2.09. The highest BCUT2D eigenvalue weighted by atomic mass is 16.4. The SMILES string of the molecule is CN(Cc1ccncc1)C(=O)c1ccc(/C(N)=N/O)cc1. The van der Waals surface area contributed by atoms with E-state index in [9.17, 15) is 4.79 Å². The summed E-state index contributed by atoms with van der Waals surface area (Å²) in [6.45, 7) is 0.503. The first-order valence-electron chi connectivity index (χ1n) is 6.34. The second-order valence-corrected chi connectivity index (χ2v) is 4.58. The van der Waals surface area contributed by atoms with E-state index in [1.54, 1.807) is 48.6 Å². The number of aromatic nitrogens is 1. The number of hydrogen-bond donors (Lipinski definition) is 2. The second-order valence-electron chi connectivity index (χ2n) is 4.58. The smallest absolute Gasteiger partial charge is 0.253 e. The quantitative estimate of drug-likeness (QED) is 0.385. The van der Waals surface area contributed by atoms with E-state index >= 15 is 0 Å². The second kappa shape index (κ2) is 6.51. The Morgan fingerprint density at radius 1 is 1.19 bits per heavy atom. The molecule has 1 heterocycles. The van der Waals surface area contributed by atoms with Gasteiger partial charge in [0.05, 0.1) is 0 Å². The number of amidine groups is 1. The van der Waals surface area contributed by atoms with Crippen molar-refractivity contribution >= 4 is 11.7 Å². The number of carbonyl (C=O) groups is 1. The fraction of sp³-hybridized carbons (Fsp3) is 0.133. The first-order valence-corrected chi connectivity index (χ1v) is 6.34. The lowest BCUT2D eigenvalue weighted by molar-refractivity contribution is 0.0785. The van der Waals surface area contributed by atoms with Crippen molar-refractivity contribution in [2.24, 2.45) is 10.9 Å². The van der Waals surface area contributed by atoms with E-state index in [4.69, 9.17) is 10.9 Å².